The van der Waals surface area contributed by atoms with Crippen molar-refractivity contribution in [2.24, 2.45) is 5.41 Å². The van der Waals surface area contributed by atoms with E-state index in [1.54, 1.807) is 11.8 Å². The van der Waals surface area contributed by atoms with Crippen molar-refractivity contribution < 1.29 is 9.90 Å². The molecule has 0 radical (unpaired) electrons. The SMILES string of the molecule is O=C(O)CC1(CSc2nnc3n2CCCCC3)CC1. The Hall–Kier alpha value is -1.04. The lowest BCUT2D eigenvalue weighted by atomic mass is 10.1. The van der Waals surface area contributed by atoms with Gasteiger partial charge in [-0.05, 0) is 31.1 Å². The van der Waals surface area contributed by atoms with Gasteiger partial charge in [0.15, 0.2) is 5.16 Å². The third kappa shape index (κ3) is 2.94. The zero-order valence-corrected chi connectivity index (χ0v) is 11.8. The van der Waals surface area contributed by atoms with E-state index in [-0.39, 0.29) is 5.41 Å². The molecule has 2 aliphatic rings. The number of thioether (sulfide) groups is 1. The van der Waals surface area contributed by atoms with Crippen molar-refractivity contribution in [3.8, 4) is 0 Å². The molecule has 0 atom stereocenters. The van der Waals surface area contributed by atoms with E-state index in [4.69, 9.17) is 5.11 Å². The fourth-order valence-corrected chi connectivity index (χ4v) is 3.93. The van der Waals surface area contributed by atoms with Gasteiger partial charge >= 0.3 is 5.97 Å². The average Bonchev–Trinajstić information content (AvgIpc) is 3.07. The quantitative estimate of drug-likeness (QED) is 0.839. The zero-order valence-electron chi connectivity index (χ0n) is 11.0. The number of hydrogen-bond acceptors (Lipinski definition) is 4. The summed E-state index contributed by atoms with van der Waals surface area (Å²) in [6.45, 7) is 1.01. The molecule has 1 fully saturated rings. The van der Waals surface area contributed by atoms with Crippen LogP contribution in [0.4, 0.5) is 0 Å². The predicted molar refractivity (Wildman–Crippen MR) is 72.2 cm³/mol. The van der Waals surface area contributed by atoms with Crippen LogP contribution in [0.25, 0.3) is 0 Å². The Labute approximate surface area is 116 Å². The van der Waals surface area contributed by atoms with Crippen molar-refractivity contribution in [1.82, 2.24) is 14.8 Å². The third-order valence-corrected chi connectivity index (χ3v) is 5.38. The van der Waals surface area contributed by atoms with Gasteiger partial charge in [-0.1, -0.05) is 18.2 Å². The van der Waals surface area contributed by atoms with Crippen molar-refractivity contribution in [1.29, 1.82) is 0 Å². The number of nitrogens with zero attached hydrogens (tertiary/aromatic N) is 3. The molecule has 1 saturated carbocycles. The van der Waals surface area contributed by atoms with E-state index in [0.29, 0.717) is 6.42 Å². The molecule has 1 N–H and O–H groups in total. The standard InChI is InChI=1S/C13H19N3O2S/c17-11(18)8-13(5-6-13)9-19-12-15-14-10-4-2-1-3-7-16(10)12/h1-9H2,(H,17,18). The molecule has 0 unspecified atom stereocenters. The summed E-state index contributed by atoms with van der Waals surface area (Å²) in [5, 5.41) is 18.5. The first-order chi connectivity index (χ1) is 9.19. The Kier molecular flexibility index (Phi) is 3.52. The van der Waals surface area contributed by atoms with Gasteiger partial charge in [0.05, 0.1) is 6.42 Å². The maximum absolute atomic E-state index is 10.9. The lowest BCUT2D eigenvalue weighted by Crippen LogP contribution is -2.12. The molecule has 0 aromatic carbocycles. The highest BCUT2D eigenvalue weighted by Gasteiger charge is 2.44. The number of carboxylic acids is 1. The van der Waals surface area contributed by atoms with Crippen LogP contribution in [0.2, 0.25) is 0 Å². The summed E-state index contributed by atoms with van der Waals surface area (Å²) in [6, 6.07) is 0. The van der Waals surface area contributed by atoms with Gasteiger partial charge in [-0.15, -0.1) is 10.2 Å². The highest BCUT2D eigenvalue weighted by Crippen LogP contribution is 2.51. The topological polar surface area (TPSA) is 68.0 Å². The van der Waals surface area contributed by atoms with Gasteiger partial charge < -0.3 is 9.67 Å². The molecule has 0 saturated heterocycles. The second-order valence-electron chi connectivity index (χ2n) is 5.72. The number of aliphatic carboxylic acids is 1. The number of rotatable bonds is 5. The lowest BCUT2D eigenvalue weighted by molar-refractivity contribution is -0.138. The fourth-order valence-electron chi connectivity index (χ4n) is 2.65. The first kappa shape index (κ1) is 13.0. The molecule has 1 aromatic rings. The van der Waals surface area contributed by atoms with Crippen molar-refractivity contribution in [3.63, 3.8) is 0 Å². The average molecular weight is 281 g/mol. The van der Waals surface area contributed by atoms with Crippen LogP contribution in [0.15, 0.2) is 5.16 Å². The highest BCUT2D eigenvalue weighted by atomic mass is 32.2. The molecule has 6 heteroatoms. The van der Waals surface area contributed by atoms with Gasteiger partial charge in [0, 0.05) is 18.7 Å². The summed E-state index contributed by atoms with van der Waals surface area (Å²) in [6.07, 6.45) is 7.04. The van der Waals surface area contributed by atoms with E-state index < -0.39 is 5.97 Å². The Balaban J connectivity index is 1.64. The molecule has 0 amide bonds. The maximum atomic E-state index is 10.9. The number of carboxylic acid groups (broad SMARTS) is 1. The van der Waals surface area contributed by atoms with Crippen LogP contribution in [0.5, 0.6) is 0 Å². The summed E-state index contributed by atoms with van der Waals surface area (Å²) in [5.41, 5.74) is 0.0215. The molecule has 19 heavy (non-hydrogen) atoms. The van der Waals surface area contributed by atoms with Crippen LogP contribution in [-0.2, 0) is 17.8 Å². The maximum Gasteiger partial charge on any atom is 0.303 e. The minimum absolute atomic E-state index is 0.0215. The van der Waals surface area contributed by atoms with Gasteiger partial charge in [-0.3, -0.25) is 4.79 Å². The van der Waals surface area contributed by atoms with Crippen molar-refractivity contribution >= 4 is 17.7 Å². The minimum Gasteiger partial charge on any atom is -0.481 e. The molecule has 0 spiro atoms. The normalized spacial score (nSPS) is 20.6. The van der Waals surface area contributed by atoms with Crippen molar-refractivity contribution in [2.75, 3.05) is 5.75 Å². The van der Waals surface area contributed by atoms with Gasteiger partial charge in [0.1, 0.15) is 5.82 Å². The van der Waals surface area contributed by atoms with Crippen LogP contribution >= 0.6 is 11.8 Å². The molecule has 0 bridgehead atoms. The van der Waals surface area contributed by atoms with E-state index in [2.05, 4.69) is 14.8 Å². The minimum atomic E-state index is -0.682. The van der Waals surface area contributed by atoms with Gasteiger partial charge in [-0.2, -0.15) is 0 Å². The molecular formula is C13H19N3O2S. The molecule has 104 valence electrons. The van der Waals surface area contributed by atoms with Crippen LogP contribution in [-0.4, -0.2) is 31.6 Å². The monoisotopic (exact) mass is 281 g/mol. The molecule has 5 nitrogen and oxygen atoms in total. The van der Waals surface area contributed by atoms with Gasteiger partial charge in [-0.25, -0.2) is 0 Å². The predicted octanol–water partition coefficient (Wildman–Crippen LogP) is 2.35. The van der Waals surface area contributed by atoms with E-state index in [1.807, 2.05) is 0 Å². The van der Waals surface area contributed by atoms with E-state index >= 15 is 0 Å². The second kappa shape index (κ2) is 5.15. The van der Waals surface area contributed by atoms with Crippen LogP contribution < -0.4 is 0 Å². The summed E-state index contributed by atoms with van der Waals surface area (Å²) in [4.78, 5) is 10.9. The largest absolute Gasteiger partial charge is 0.481 e. The van der Waals surface area contributed by atoms with Crippen LogP contribution in [0.1, 0.15) is 44.3 Å². The number of aromatic nitrogens is 3. The molecule has 1 aliphatic carbocycles. The third-order valence-electron chi connectivity index (χ3n) is 4.07. The number of hydrogen-bond donors (Lipinski definition) is 1. The van der Waals surface area contributed by atoms with E-state index in [0.717, 1.165) is 42.5 Å². The molecular weight excluding hydrogens is 262 g/mol. The first-order valence-electron chi connectivity index (χ1n) is 6.95. The number of carbonyl (C=O) groups is 1. The first-order valence-corrected chi connectivity index (χ1v) is 7.94. The highest BCUT2D eigenvalue weighted by molar-refractivity contribution is 7.99. The molecule has 3 rings (SSSR count). The van der Waals surface area contributed by atoms with Gasteiger partial charge in [0.25, 0.3) is 0 Å². The summed E-state index contributed by atoms with van der Waals surface area (Å²) in [5.74, 6) is 1.28. The number of aryl methyl sites for hydroxylation is 1. The summed E-state index contributed by atoms with van der Waals surface area (Å²) in [7, 11) is 0. The Morgan fingerprint density at radius 3 is 2.89 bits per heavy atom. The zero-order chi connectivity index (χ0) is 13.3. The fraction of sp³-hybridized carbons (Fsp3) is 0.769. The Morgan fingerprint density at radius 1 is 1.32 bits per heavy atom. The second-order valence-corrected chi connectivity index (χ2v) is 6.66. The molecule has 1 aliphatic heterocycles. The Bertz CT molecular complexity index is 482. The van der Waals surface area contributed by atoms with E-state index in [1.165, 1.54) is 19.3 Å². The van der Waals surface area contributed by atoms with Crippen LogP contribution in [0, 0.1) is 5.41 Å². The molecule has 2 heterocycles. The van der Waals surface area contributed by atoms with Crippen LogP contribution in [0.3, 0.4) is 0 Å². The molecule has 1 aromatic heterocycles. The summed E-state index contributed by atoms with van der Waals surface area (Å²) >= 11 is 1.69. The smallest absolute Gasteiger partial charge is 0.303 e. The van der Waals surface area contributed by atoms with Crippen molar-refractivity contribution in [2.45, 2.75) is 56.6 Å². The summed E-state index contributed by atoms with van der Waals surface area (Å²) < 4.78 is 2.23. The van der Waals surface area contributed by atoms with E-state index in [9.17, 15) is 4.79 Å². The lowest BCUT2D eigenvalue weighted by Gasteiger charge is -2.12. The number of fused-ring (bicyclic) bond motifs is 1. The Morgan fingerprint density at radius 2 is 2.16 bits per heavy atom. The van der Waals surface area contributed by atoms with Gasteiger partial charge in [0.2, 0.25) is 0 Å². The van der Waals surface area contributed by atoms with Crippen molar-refractivity contribution in [3.05, 3.63) is 5.82 Å².